The second-order valence-electron chi connectivity index (χ2n) is 5.68. The molecule has 3 nitrogen and oxygen atoms in total. The molecule has 0 bridgehead atoms. The average molecular weight is 393 g/mol. The molecule has 2 aromatic rings. The predicted octanol–water partition coefficient (Wildman–Crippen LogP) is 5.40. The summed E-state index contributed by atoms with van der Waals surface area (Å²) in [6.45, 7) is 7.88. The summed E-state index contributed by atoms with van der Waals surface area (Å²) < 4.78 is 0. The summed E-state index contributed by atoms with van der Waals surface area (Å²) in [5, 5.41) is 11.4. The Hall–Kier alpha value is -0.987. The Bertz CT molecular complexity index is 580. The van der Waals surface area contributed by atoms with Crippen LogP contribution in [0.4, 0.5) is 5.82 Å². The number of aryl methyl sites for hydroxylation is 1. The molecule has 0 fully saturated rings. The molecule has 1 aromatic heterocycles. The Labute approximate surface area is 161 Å². The molecule has 1 heterocycles. The van der Waals surface area contributed by atoms with Crippen LogP contribution in [-0.2, 0) is 26.2 Å². The normalized spacial score (nSPS) is 9.43. The second kappa shape index (κ2) is 10.7. The minimum absolute atomic E-state index is 0. The quantitative estimate of drug-likeness (QED) is 0.549. The zero-order valence-corrected chi connectivity index (χ0v) is 17.8. The largest absolute Gasteiger partial charge is 3.00 e. The summed E-state index contributed by atoms with van der Waals surface area (Å²) >= 11 is 0. The molecule has 23 heavy (non-hydrogen) atoms. The van der Waals surface area contributed by atoms with Crippen LogP contribution in [0.3, 0.4) is 0 Å². The number of hydrogen-bond donors (Lipinski definition) is 1. The van der Waals surface area contributed by atoms with Gasteiger partial charge >= 0.3 is 26.2 Å². The Morgan fingerprint density at radius 2 is 1.48 bits per heavy atom. The maximum atomic E-state index is 10.2. The van der Waals surface area contributed by atoms with Gasteiger partial charge in [0.05, 0.1) is 11.2 Å². The molecular formula is C19H29N2OZr. The Balaban J connectivity index is -0.000001000. The van der Waals surface area contributed by atoms with Gasteiger partial charge in [-0.1, -0.05) is 30.3 Å². The molecule has 0 aliphatic heterocycles. The molecule has 1 radical (unpaired) electrons. The van der Waals surface area contributed by atoms with Crippen LogP contribution < -0.4 is 5.06 Å². The number of nitrogens with zero attached hydrogens (tertiary/aromatic N) is 2. The van der Waals surface area contributed by atoms with Crippen LogP contribution in [0.25, 0.3) is 11.3 Å². The zero-order chi connectivity index (χ0) is 14.0. The van der Waals surface area contributed by atoms with Gasteiger partial charge in [0.2, 0.25) is 0 Å². The fraction of sp³-hybridized carbons (Fsp3) is 0.263. The second-order valence-corrected chi connectivity index (χ2v) is 5.68. The molecule has 4 heteroatoms. The summed E-state index contributed by atoms with van der Waals surface area (Å²) in [5.74, 6) is 0.563. The molecule has 1 N–H and O–H groups in total. The van der Waals surface area contributed by atoms with E-state index in [4.69, 9.17) is 0 Å². The molecule has 0 saturated heterocycles. The van der Waals surface area contributed by atoms with Crippen LogP contribution >= 0.6 is 0 Å². The summed E-state index contributed by atoms with van der Waals surface area (Å²) in [5.41, 5.74) is 2.76. The van der Waals surface area contributed by atoms with Gasteiger partial charge in [0.1, 0.15) is 0 Å². The zero-order valence-electron chi connectivity index (χ0n) is 15.4. The fourth-order valence-corrected chi connectivity index (χ4v) is 1.90. The molecule has 0 atom stereocenters. The number of anilines is 1. The minimum atomic E-state index is -0.378. The Morgan fingerprint density at radius 3 is 2.00 bits per heavy atom. The van der Waals surface area contributed by atoms with Crippen LogP contribution in [0.15, 0.2) is 42.5 Å². The van der Waals surface area contributed by atoms with Crippen molar-refractivity contribution >= 4 is 5.82 Å². The number of benzene rings is 1. The molecule has 0 unspecified atom stereocenters. The van der Waals surface area contributed by atoms with Crippen LogP contribution in [0.2, 0.25) is 0 Å². The van der Waals surface area contributed by atoms with E-state index in [-0.39, 0.29) is 54.0 Å². The molecule has 0 spiro atoms. The monoisotopic (exact) mass is 391 g/mol. The van der Waals surface area contributed by atoms with Crippen molar-refractivity contribution in [2.24, 2.45) is 0 Å². The van der Waals surface area contributed by atoms with Crippen molar-refractivity contribution in [1.29, 1.82) is 0 Å². The third-order valence-corrected chi connectivity index (χ3v) is 3.01. The summed E-state index contributed by atoms with van der Waals surface area (Å²) in [4.78, 5) is 4.55. The van der Waals surface area contributed by atoms with E-state index in [1.165, 1.54) is 10.6 Å². The molecular weight excluding hydrogens is 363 g/mol. The third-order valence-electron chi connectivity index (χ3n) is 3.01. The van der Waals surface area contributed by atoms with Crippen molar-refractivity contribution in [1.82, 2.24) is 4.98 Å². The first kappa shape index (κ1) is 26.9. The van der Waals surface area contributed by atoms with Crippen molar-refractivity contribution in [3.05, 3.63) is 70.3 Å². The van der Waals surface area contributed by atoms with E-state index in [0.717, 1.165) is 11.3 Å². The Morgan fingerprint density at radius 1 is 0.913 bits per heavy atom. The van der Waals surface area contributed by atoms with Gasteiger partial charge in [-0.15, -0.1) is 0 Å². The maximum absolute atomic E-state index is 10.2. The van der Waals surface area contributed by atoms with E-state index >= 15 is 0 Å². The molecule has 0 aliphatic carbocycles. The first-order valence-corrected chi connectivity index (χ1v) is 6.42. The standard InChI is InChI=1S/C16H20N2O.3CH3.Zr/c1-12-8-5-6-9-13(12)14-10-7-11-15(17-14)18(19)16(2,3)4;;;;/h5-11,19H,1-4H3;3*1H3;/q;3*-1;+3. The van der Waals surface area contributed by atoms with E-state index in [0.29, 0.717) is 5.82 Å². The number of pyridine rings is 1. The average Bonchev–Trinajstić information content (AvgIpc) is 2.37. The number of rotatable bonds is 2. The van der Waals surface area contributed by atoms with Crippen LogP contribution in [-0.4, -0.2) is 15.7 Å². The van der Waals surface area contributed by atoms with Gasteiger partial charge in [-0.05, 0) is 45.4 Å². The van der Waals surface area contributed by atoms with Crippen molar-refractivity contribution in [3.8, 4) is 11.3 Å². The molecule has 0 aliphatic rings. The topological polar surface area (TPSA) is 36.4 Å². The predicted molar refractivity (Wildman–Crippen MR) is 97.7 cm³/mol. The smallest absolute Gasteiger partial charge is 0.358 e. The van der Waals surface area contributed by atoms with E-state index in [9.17, 15) is 5.21 Å². The fourth-order valence-electron chi connectivity index (χ4n) is 1.90. The summed E-state index contributed by atoms with van der Waals surface area (Å²) in [6, 6.07) is 13.8. The number of hydroxylamine groups is 1. The van der Waals surface area contributed by atoms with Crippen molar-refractivity contribution in [2.75, 3.05) is 5.06 Å². The summed E-state index contributed by atoms with van der Waals surface area (Å²) in [6.07, 6.45) is 0. The van der Waals surface area contributed by atoms with E-state index < -0.39 is 0 Å². The van der Waals surface area contributed by atoms with Gasteiger partial charge in [-0.3, -0.25) is 5.21 Å². The van der Waals surface area contributed by atoms with Crippen LogP contribution in [0.1, 0.15) is 26.3 Å². The first-order valence-electron chi connectivity index (χ1n) is 6.42. The third kappa shape index (κ3) is 6.57. The van der Waals surface area contributed by atoms with E-state index in [2.05, 4.69) is 18.0 Å². The van der Waals surface area contributed by atoms with Gasteiger partial charge in [-0.25, -0.2) is 10.0 Å². The van der Waals surface area contributed by atoms with E-state index in [1.807, 2.05) is 57.2 Å². The van der Waals surface area contributed by atoms with Crippen LogP contribution in [0.5, 0.6) is 0 Å². The minimum Gasteiger partial charge on any atom is -0.358 e. The molecule has 1 aromatic carbocycles. The maximum Gasteiger partial charge on any atom is 3.00 e. The van der Waals surface area contributed by atoms with Gasteiger partial charge in [0.25, 0.3) is 0 Å². The molecule has 125 valence electrons. The van der Waals surface area contributed by atoms with E-state index in [1.54, 1.807) is 0 Å². The van der Waals surface area contributed by atoms with Gasteiger partial charge in [0, 0.05) is 5.56 Å². The van der Waals surface area contributed by atoms with Gasteiger partial charge in [-0.2, -0.15) is 0 Å². The van der Waals surface area contributed by atoms with Gasteiger partial charge in [0.15, 0.2) is 5.82 Å². The van der Waals surface area contributed by atoms with Crippen molar-refractivity contribution in [3.63, 3.8) is 0 Å². The first-order chi connectivity index (χ1) is 8.89. The summed E-state index contributed by atoms with van der Waals surface area (Å²) in [7, 11) is 0. The SMILES string of the molecule is Cc1ccccc1-c1cccc(N(O)C(C)(C)C)n1.[CH3-].[CH3-].[CH3-].[Zr+3]. The molecule has 2 rings (SSSR count). The molecule has 0 amide bonds. The van der Waals surface area contributed by atoms with Gasteiger partial charge < -0.3 is 22.3 Å². The van der Waals surface area contributed by atoms with Crippen LogP contribution in [0, 0.1) is 29.2 Å². The molecule has 0 saturated carbocycles. The van der Waals surface area contributed by atoms with Crippen molar-refractivity contribution in [2.45, 2.75) is 33.2 Å². The number of aromatic nitrogens is 1. The number of hydrogen-bond acceptors (Lipinski definition) is 3. The Kier molecular flexibility index (Phi) is 12.5. The van der Waals surface area contributed by atoms with Crippen molar-refractivity contribution < 1.29 is 31.4 Å².